The van der Waals surface area contributed by atoms with Crippen molar-refractivity contribution in [1.29, 1.82) is 0 Å². The van der Waals surface area contributed by atoms with Crippen molar-refractivity contribution in [2.75, 3.05) is 7.11 Å². The van der Waals surface area contributed by atoms with E-state index < -0.39 is 0 Å². The van der Waals surface area contributed by atoms with Crippen molar-refractivity contribution in [3.05, 3.63) is 23.8 Å². The topological polar surface area (TPSA) is 55.5 Å². The van der Waals surface area contributed by atoms with E-state index in [0.29, 0.717) is 5.92 Å². The standard InChI is InChI=1S/C14H21NO2/c1-17-11-7-8-13(16)12(9-11)14(15)10-5-3-2-4-6-10/h7-10,14,16H,2-6,15H2,1H3/t14-/m1/s1. The molecule has 1 aromatic carbocycles. The third kappa shape index (κ3) is 2.72. The van der Waals surface area contributed by atoms with E-state index >= 15 is 0 Å². The molecule has 1 fully saturated rings. The largest absolute Gasteiger partial charge is 0.508 e. The first-order chi connectivity index (χ1) is 8.22. The SMILES string of the molecule is COc1ccc(O)c([C@H](N)C2CCCCC2)c1. The van der Waals surface area contributed by atoms with Crippen molar-refractivity contribution >= 4 is 0 Å². The smallest absolute Gasteiger partial charge is 0.120 e. The van der Waals surface area contributed by atoms with E-state index in [9.17, 15) is 5.11 Å². The highest BCUT2D eigenvalue weighted by atomic mass is 16.5. The van der Waals surface area contributed by atoms with Crippen LogP contribution >= 0.6 is 0 Å². The van der Waals surface area contributed by atoms with Gasteiger partial charge in [0.25, 0.3) is 0 Å². The summed E-state index contributed by atoms with van der Waals surface area (Å²) in [7, 11) is 1.63. The first kappa shape index (κ1) is 12.2. The molecule has 0 heterocycles. The van der Waals surface area contributed by atoms with Gasteiger partial charge in [-0.1, -0.05) is 19.3 Å². The summed E-state index contributed by atoms with van der Waals surface area (Å²) in [6, 6.07) is 5.20. The number of hydrogen-bond donors (Lipinski definition) is 2. The molecule has 1 aliphatic carbocycles. The number of phenols is 1. The molecule has 2 rings (SSSR count). The molecule has 3 heteroatoms. The average Bonchev–Trinajstić information content (AvgIpc) is 2.39. The third-order valence-corrected chi connectivity index (χ3v) is 3.75. The van der Waals surface area contributed by atoms with Gasteiger partial charge >= 0.3 is 0 Å². The maximum absolute atomic E-state index is 9.90. The Labute approximate surface area is 103 Å². The van der Waals surface area contributed by atoms with Gasteiger partial charge in [0.15, 0.2) is 0 Å². The zero-order valence-electron chi connectivity index (χ0n) is 10.4. The summed E-state index contributed by atoms with van der Waals surface area (Å²) in [5.41, 5.74) is 7.09. The third-order valence-electron chi connectivity index (χ3n) is 3.75. The van der Waals surface area contributed by atoms with Crippen molar-refractivity contribution in [1.82, 2.24) is 0 Å². The quantitative estimate of drug-likeness (QED) is 0.846. The molecule has 0 aromatic heterocycles. The van der Waals surface area contributed by atoms with Crippen LogP contribution in [0.2, 0.25) is 0 Å². The molecule has 1 aliphatic rings. The van der Waals surface area contributed by atoms with Crippen molar-refractivity contribution in [2.24, 2.45) is 11.7 Å². The molecule has 0 unspecified atom stereocenters. The minimum absolute atomic E-state index is 0.0783. The Hall–Kier alpha value is -1.22. The number of aromatic hydroxyl groups is 1. The lowest BCUT2D eigenvalue weighted by molar-refractivity contribution is 0.302. The maximum Gasteiger partial charge on any atom is 0.120 e. The predicted octanol–water partition coefficient (Wildman–Crippen LogP) is 2.98. The van der Waals surface area contributed by atoms with Gasteiger partial charge in [0, 0.05) is 11.6 Å². The molecule has 0 bridgehead atoms. The highest BCUT2D eigenvalue weighted by molar-refractivity contribution is 5.41. The molecule has 3 nitrogen and oxygen atoms in total. The Morgan fingerprint density at radius 2 is 2.00 bits per heavy atom. The molecule has 1 atom stereocenters. The molecule has 0 spiro atoms. The first-order valence-electron chi connectivity index (χ1n) is 6.35. The Morgan fingerprint density at radius 3 is 2.65 bits per heavy atom. The summed E-state index contributed by atoms with van der Waals surface area (Å²) in [6.45, 7) is 0. The van der Waals surface area contributed by atoms with Gasteiger partial charge in [0.05, 0.1) is 7.11 Å². The van der Waals surface area contributed by atoms with Crippen molar-refractivity contribution in [2.45, 2.75) is 38.1 Å². The van der Waals surface area contributed by atoms with E-state index in [1.165, 1.54) is 19.3 Å². The highest BCUT2D eigenvalue weighted by Crippen LogP contribution is 2.37. The molecule has 0 radical (unpaired) electrons. The van der Waals surface area contributed by atoms with E-state index in [-0.39, 0.29) is 11.8 Å². The Bertz CT molecular complexity index is 372. The first-order valence-corrected chi connectivity index (χ1v) is 6.35. The highest BCUT2D eigenvalue weighted by Gasteiger charge is 2.24. The van der Waals surface area contributed by atoms with Crippen LogP contribution in [0.25, 0.3) is 0 Å². The molecule has 0 aliphatic heterocycles. The average molecular weight is 235 g/mol. The number of methoxy groups -OCH3 is 1. The normalized spacial score (nSPS) is 18.9. The Morgan fingerprint density at radius 1 is 1.29 bits per heavy atom. The second-order valence-electron chi connectivity index (χ2n) is 4.85. The summed E-state index contributed by atoms with van der Waals surface area (Å²) in [5.74, 6) is 1.52. The summed E-state index contributed by atoms with van der Waals surface area (Å²) >= 11 is 0. The lowest BCUT2D eigenvalue weighted by atomic mass is 9.81. The van der Waals surface area contributed by atoms with Crippen LogP contribution in [0.1, 0.15) is 43.7 Å². The van der Waals surface area contributed by atoms with Crippen molar-refractivity contribution in [3.8, 4) is 11.5 Å². The van der Waals surface area contributed by atoms with Gasteiger partial charge in [-0.25, -0.2) is 0 Å². The van der Waals surface area contributed by atoms with Gasteiger partial charge in [-0.3, -0.25) is 0 Å². The van der Waals surface area contributed by atoms with Crippen LogP contribution in [0.15, 0.2) is 18.2 Å². The number of nitrogens with two attached hydrogens (primary N) is 1. The lowest BCUT2D eigenvalue weighted by Crippen LogP contribution is -2.23. The van der Waals surface area contributed by atoms with Gasteiger partial charge in [-0.2, -0.15) is 0 Å². The Kier molecular flexibility index (Phi) is 3.89. The number of hydrogen-bond acceptors (Lipinski definition) is 3. The number of rotatable bonds is 3. The van der Waals surface area contributed by atoms with E-state index in [2.05, 4.69) is 0 Å². The molecule has 1 saturated carbocycles. The number of ether oxygens (including phenoxy) is 1. The monoisotopic (exact) mass is 235 g/mol. The zero-order chi connectivity index (χ0) is 12.3. The number of benzene rings is 1. The fourth-order valence-corrected chi connectivity index (χ4v) is 2.67. The van der Waals surface area contributed by atoms with Gasteiger partial charge in [0.1, 0.15) is 11.5 Å². The second-order valence-corrected chi connectivity index (χ2v) is 4.85. The van der Waals surface area contributed by atoms with Gasteiger partial charge in [-0.05, 0) is 37.0 Å². The molecular weight excluding hydrogens is 214 g/mol. The van der Waals surface area contributed by atoms with E-state index in [4.69, 9.17) is 10.5 Å². The second kappa shape index (κ2) is 5.41. The van der Waals surface area contributed by atoms with Crippen LogP contribution in [0, 0.1) is 5.92 Å². The molecule has 3 N–H and O–H groups in total. The fourth-order valence-electron chi connectivity index (χ4n) is 2.67. The van der Waals surface area contributed by atoms with Crippen molar-refractivity contribution < 1.29 is 9.84 Å². The lowest BCUT2D eigenvalue weighted by Gasteiger charge is -2.28. The summed E-state index contributed by atoms with van der Waals surface area (Å²) < 4.78 is 5.18. The minimum Gasteiger partial charge on any atom is -0.508 e. The fraction of sp³-hybridized carbons (Fsp3) is 0.571. The van der Waals surface area contributed by atoms with Crippen LogP contribution in [0.4, 0.5) is 0 Å². The van der Waals surface area contributed by atoms with Crippen LogP contribution in [0.3, 0.4) is 0 Å². The van der Waals surface area contributed by atoms with Crippen LogP contribution in [0.5, 0.6) is 11.5 Å². The van der Waals surface area contributed by atoms with Crippen LogP contribution in [-0.2, 0) is 0 Å². The summed E-state index contributed by atoms with van der Waals surface area (Å²) in [6.07, 6.45) is 6.15. The summed E-state index contributed by atoms with van der Waals surface area (Å²) in [4.78, 5) is 0. The molecule has 0 saturated heterocycles. The van der Waals surface area contributed by atoms with E-state index in [1.807, 2.05) is 6.07 Å². The predicted molar refractivity (Wildman–Crippen MR) is 68.2 cm³/mol. The van der Waals surface area contributed by atoms with Crippen LogP contribution in [-0.4, -0.2) is 12.2 Å². The molecule has 17 heavy (non-hydrogen) atoms. The van der Waals surface area contributed by atoms with E-state index in [0.717, 1.165) is 24.2 Å². The molecule has 0 amide bonds. The van der Waals surface area contributed by atoms with Crippen molar-refractivity contribution in [3.63, 3.8) is 0 Å². The van der Waals surface area contributed by atoms with E-state index in [1.54, 1.807) is 19.2 Å². The maximum atomic E-state index is 9.90. The van der Waals surface area contributed by atoms with Crippen LogP contribution < -0.4 is 10.5 Å². The molecular formula is C14H21NO2. The molecule has 1 aromatic rings. The Balaban J connectivity index is 2.19. The van der Waals surface area contributed by atoms with Gasteiger partial charge < -0.3 is 15.6 Å². The zero-order valence-corrected chi connectivity index (χ0v) is 10.4. The minimum atomic E-state index is -0.0783. The summed E-state index contributed by atoms with van der Waals surface area (Å²) in [5, 5.41) is 9.90. The molecule has 94 valence electrons. The van der Waals surface area contributed by atoms with Gasteiger partial charge in [-0.15, -0.1) is 0 Å². The number of phenolic OH excluding ortho intramolecular Hbond substituents is 1. The van der Waals surface area contributed by atoms with Gasteiger partial charge in [0.2, 0.25) is 0 Å².